The van der Waals surface area contributed by atoms with Gasteiger partial charge in [0.1, 0.15) is 5.82 Å². The fraction of sp³-hybridized carbons (Fsp3) is 0.533. The molecule has 2 aromatic rings. The van der Waals surface area contributed by atoms with Crippen molar-refractivity contribution in [2.24, 2.45) is 5.92 Å². The van der Waals surface area contributed by atoms with Gasteiger partial charge < -0.3 is 15.5 Å². The zero-order chi connectivity index (χ0) is 25.5. The highest BCUT2D eigenvalue weighted by atomic mass is 19.1. The highest BCUT2D eigenvalue weighted by molar-refractivity contribution is 5.94. The van der Waals surface area contributed by atoms with Crippen molar-refractivity contribution in [3.8, 4) is 0 Å². The summed E-state index contributed by atoms with van der Waals surface area (Å²) >= 11 is 0. The van der Waals surface area contributed by atoms with Crippen molar-refractivity contribution in [1.82, 2.24) is 15.5 Å². The van der Waals surface area contributed by atoms with Crippen LogP contribution in [-0.4, -0.2) is 41.9 Å². The van der Waals surface area contributed by atoms with E-state index in [4.69, 9.17) is 0 Å². The smallest absolute Gasteiger partial charge is 0.251 e. The van der Waals surface area contributed by atoms with Gasteiger partial charge in [0.05, 0.1) is 6.04 Å². The molecule has 36 heavy (non-hydrogen) atoms. The second-order valence-electron chi connectivity index (χ2n) is 11.0. The topological polar surface area (TPSA) is 61.4 Å². The Balaban J connectivity index is 1.32. The van der Waals surface area contributed by atoms with Crippen molar-refractivity contribution in [3.05, 3.63) is 71.0 Å². The fourth-order valence-corrected chi connectivity index (χ4v) is 5.46. The van der Waals surface area contributed by atoms with E-state index in [9.17, 15) is 14.0 Å². The molecule has 2 amide bonds. The molecule has 2 aromatic carbocycles. The molecule has 1 saturated heterocycles. The van der Waals surface area contributed by atoms with Gasteiger partial charge in [0.2, 0.25) is 5.91 Å². The lowest BCUT2D eigenvalue weighted by atomic mass is 9.88. The normalized spacial score (nSPS) is 19.4. The summed E-state index contributed by atoms with van der Waals surface area (Å²) in [5.74, 6) is -0.123. The summed E-state index contributed by atoms with van der Waals surface area (Å²) in [4.78, 5) is 28.1. The number of hydrogen-bond donors (Lipinski definition) is 2. The van der Waals surface area contributed by atoms with Crippen molar-refractivity contribution in [2.75, 3.05) is 19.6 Å². The Morgan fingerprint density at radius 1 is 1.06 bits per heavy atom. The lowest BCUT2D eigenvalue weighted by Gasteiger charge is -2.40. The largest absolute Gasteiger partial charge is 0.349 e. The van der Waals surface area contributed by atoms with Gasteiger partial charge in [-0.15, -0.1) is 0 Å². The first-order valence-electron chi connectivity index (χ1n) is 13.5. The third kappa shape index (κ3) is 7.16. The predicted octanol–water partition coefficient (Wildman–Crippen LogP) is 5.55. The minimum absolute atomic E-state index is 0.0254. The molecule has 0 radical (unpaired) electrons. The van der Waals surface area contributed by atoms with Crippen LogP contribution in [0.2, 0.25) is 0 Å². The number of nitrogens with zero attached hydrogens (tertiary/aromatic N) is 1. The van der Waals surface area contributed by atoms with Crippen LogP contribution in [0.15, 0.2) is 48.5 Å². The molecule has 5 nitrogen and oxygen atoms in total. The number of amides is 2. The van der Waals surface area contributed by atoms with E-state index in [0.29, 0.717) is 5.56 Å². The monoisotopic (exact) mass is 493 g/mol. The van der Waals surface area contributed by atoms with Gasteiger partial charge in [-0.2, -0.15) is 0 Å². The van der Waals surface area contributed by atoms with Gasteiger partial charge in [-0.25, -0.2) is 4.39 Å². The van der Waals surface area contributed by atoms with Crippen LogP contribution in [0.5, 0.6) is 0 Å². The first kappa shape index (κ1) is 26.3. The van der Waals surface area contributed by atoms with E-state index in [0.717, 1.165) is 75.7 Å². The van der Waals surface area contributed by atoms with Crippen LogP contribution in [0, 0.1) is 18.7 Å². The second-order valence-corrected chi connectivity index (χ2v) is 11.0. The van der Waals surface area contributed by atoms with Gasteiger partial charge in [-0.3, -0.25) is 9.59 Å². The van der Waals surface area contributed by atoms with Crippen molar-refractivity contribution < 1.29 is 14.0 Å². The quantitative estimate of drug-likeness (QED) is 0.507. The minimum Gasteiger partial charge on any atom is -0.349 e. The maximum absolute atomic E-state index is 14.0. The highest BCUT2D eigenvalue weighted by Gasteiger charge is 2.32. The summed E-state index contributed by atoms with van der Waals surface area (Å²) in [6.45, 7) is 6.69. The van der Waals surface area contributed by atoms with E-state index in [1.54, 1.807) is 12.1 Å². The summed E-state index contributed by atoms with van der Waals surface area (Å²) in [5, 5.41) is 6.49. The number of rotatable bonds is 8. The average molecular weight is 494 g/mol. The van der Waals surface area contributed by atoms with Crippen molar-refractivity contribution in [2.45, 2.75) is 76.8 Å². The molecule has 2 fully saturated rings. The van der Waals surface area contributed by atoms with Gasteiger partial charge in [0, 0.05) is 36.7 Å². The maximum atomic E-state index is 14.0. The molecule has 0 spiro atoms. The Hall–Kier alpha value is -2.73. The molecule has 1 saturated carbocycles. The van der Waals surface area contributed by atoms with Crippen molar-refractivity contribution in [1.29, 1.82) is 0 Å². The molecule has 1 aliphatic heterocycles. The molecule has 6 heteroatoms. The molecule has 0 unspecified atom stereocenters. The number of aryl methyl sites for hydroxylation is 1. The number of benzene rings is 2. The molecule has 0 aromatic heterocycles. The lowest BCUT2D eigenvalue weighted by Crippen LogP contribution is -2.53. The SMILES string of the molecule is Cc1ccc(C(=O)NC2(C)CCN(CC[C@H](NC(=O)C3CCCCC3)c3cccc(F)c3)CC2)cc1. The molecule has 4 rings (SSSR count). The molecule has 0 bridgehead atoms. The Morgan fingerprint density at radius 2 is 1.75 bits per heavy atom. The van der Waals surface area contributed by atoms with Gasteiger partial charge in [-0.1, -0.05) is 49.1 Å². The molecular weight excluding hydrogens is 453 g/mol. The summed E-state index contributed by atoms with van der Waals surface area (Å²) < 4.78 is 14.0. The molecule has 1 aliphatic carbocycles. The Kier molecular flexibility index (Phi) is 8.78. The van der Waals surface area contributed by atoms with Crippen LogP contribution in [0.4, 0.5) is 4.39 Å². The number of carbonyl (C=O) groups excluding carboxylic acids is 2. The Morgan fingerprint density at radius 3 is 2.42 bits per heavy atom. The number of likely N-dealkylation sites (tertiary alicyclic amines) is 1. The zero-order valence-corrected chi connectivity index (χ0v) is 21.7. The molecule has 1 atom stereocenters. The second kappa shape index (κ2) is 12.0. The third-order valence-corrected chi connectivity index (χ3v) is 7.97. The van der Waals surface area contributed by atoms with Crippen LogP contribution in [0.1, 0.15) is 85.8 Å². The first-order valence-corrected chi connectivity index (χ1v) is 13.5. The zero-order valence-electron chi connectivity index (χ0n) is 21.7. The maximum Gasteiger partial charge on any atom is 0.251 e. The predicted molar refractivity (Wildman–Crippen MR) is 141 cm³/mol. The van der Waals surface area contributed by atoms with E-state index in [-0.39, 0.29) is 35.1 Å². The number of carbonyl (C=O) groups is 2. The van der Waals surface area contributed by atoms with Gasteiger partial charge in [0.25, 0.3) is 5.91 Å². The third-order valence-electron chi connectivity index (χ3n) is 7.97. The van der Waals surface area contributed by atoms with E-state index in [1.165, 1.54) is 12.5 Å². The minimum atomic E-state index is -0.275. The highest BCUT2D eigenvalue weighted by Crippen LogP contribution is 2.27. The van der Waals surface area contributed by atoms with Gasteiger partial charge in [-0.05, 0) is 75.8 Å². The van der Waals surface area contributed by atoms with E-state index >= 15 is 0 Å². The van der Waals surface area contributed by atoms with E-state index in [2.05, 4.69) is 22.5 Å². The Bertz CT molecular complexity index is 1020. The van der Waals surface area contributed by atoms with Crippen molar-refractivity contribution in [3.63, 3.8) is 0 Å². The standard InChI is InChI=1S/C30H40FN3O2/c1-22-11-13-24(14-12-22)29(36)33-30(2)16-19-34(20-17-30)18-15-27(25-9-6-10-26(31)21-25)32-28(35)23-7-4-3-5-8-23/h6,9-14,21,23,27H,3-5,7-8,15-20H2,1-2H3,(H,32,35)(H,33,36)/t27-/m0/s1. The van der Waals surface area contributed by atoms with Crippen LogP contribution >= 0.6 is 0 Å². The first-order chi connectivity index (χ1) is 17.3. The number of piperidine rings is 1. The summed E-state index contributed by atoms with van der Waals surface area (Å²) in [7, 11) is 0. The van der Waals surface area contributed by atoms with E-state index in [1.807, 2.05) is 37.3 Å². The van der Waals surface area contributed by atoms with Crippen LogP contribution in [0.3, 0.4) is 0 Å². The molecule has 2 N–H and O–H groups in total. The summed E-state index contributed by atoms with van der Waals surface area (Å²) in [6, 6.07) is 14.1. The molecular formula is C30H40FN3O2. The molecule has 2 aliphatic rings. The lowest BCUT2D eigenvalue weighted by molar-refractivity contribution is -0.126. The van der Waals surface area contributed by atoms with Crippen LogP contribution in [-0.2, 0) is 4.79 Å². The number of halogens is 1. The molecule has 1 heterocycles. The van der Waals surface area contributed by atoms with Gasteiger partial charge in [0.15, 0.2) is 0 Å². The summed E-state index contributed by atoms with van der Waals surface area (Å²) in [6.07, 6.45) is 7.77. The summed E-state index contributed by atoms with van der Waals surface area (Å²) in [5.41, 5.74) is 2.41. The van der Waals surface area contributed by atoms with Crippen LogP contribution < -0.4 is 10.6 Å². The average Bonchev–Trinajstić information content (AvgIpc) is 2.88. The van der Waals surface area contributed by atoms with Crippen LogP contribution in [0.25, 0.3) is 0 Å². The Labute approximate surface area is 214 Å². The van der Waals surface area contributed by atoms with Gasteiger partial charge >= 0.3 is 0 Å². The molecule has 194 valence electrons. The van der Waals surface area contributed by atoms with E-state index < -0.39 is 0 Å². The number of nitrogens with one attached hydrogen (secondary N) is 2. The van der Waals surface area contributed by atoms with Crippen molar-refractivity contribution >= 4 is 11.8 Å². The number of hydrogen-bond acceptors (Lipinski definition) is 3. The fourth-order valence-electron chi connectivity index (χ4n) is 5.46.